The molecule has 19 heavy (non-hydrogen) atoms. The van der Waals surface area contributed by atoms with Crippen molar-refractivity contribution in [1.82, 2.24) is 4.98 Å². The number of halogens is 1. The van der Waals surface area contributed by atoms with E-state index in [-0.39, 0.29) is 24.7 Å². The minimum atomic E-state index is -0.337. The van der Waals surface area contributed by atoms with E-state index in [1.165, 1.54) is 18.3 Å². The largest absolute Gasteiger partial charge is 0.489 e. The van der Waals surface area contributed by atoms with E-state index in [0.29, 0.717) is 16.9 Å². The normalized spacial score (nSPS) is 9.95. The maximum atomic E-state index is 12.9. The average molecular weight is 258 g/mol. The van der Waals surface area contributed by atoms with Crippen LogP contribution in [0.4, 0.5) is 4.39 Å². The summed E-state index contributed by atoms with van der Waals surface area (Å²) in [7, 11) is 0. The van der Waals surface area contributed by atoms with E-state index in [1.54, 1.807) is 18.2 Å². The highest BCUT2D eigenvalue weighted by Crippen LogP contribution is 2.30. The Kier molecular flexibility index (Phi) is 4.06. The van der Waals surface area contributed by atoms with Crippen molar-refractivity contribution in [2.24, 2.45) is 0 Å². The molecule has 1 N–H and O–H groups in total. The topological polar surface area (TPSA) is 66.1 Å². The molecule has 0 radical (unpaired) electrons. The van der Waals surface area contributed by atoms with Crippen molar-refractivity contribution in [3.63, 3.8) is 0 Å². The van der Waals surface area contributed by atoms with Crippen LogP contribution in [0.3, 0.4) is 0 Å². The SMILES string of the molecule is N#Cc1cc(-c2ccc(F)cc2)c(OCCO)cn1. The Bertz CT molecular complexity index is 606. The van der Waals surface area contributed by atoms with Crippen LogP contribution in [0.5, 0.6) is 5.75 Å². The van der Waals surface area contributed by atoms with E-state index in [1.807, 2.05) is 6.07 Å². The Morgan fingerprint density at radius 3 is 2.68 bits per heavy atom. The first-order valence-electron chi connectivity index (χ1n) is 5.64. The minimum Gasteiger partial charge on any atom is -0.489 e. The molecule has 0 bridgehead atoms. The van der Waals surface area contributed by atoms with Gasteiger partial charge in [0.15, 0.2) is 0 Å². The van der Waals surface area contributed by atoms with Crippen LogP contribution in [0.15, 0.2) is 36.5 Å². The quantitative estimate of drug-likeness (QED) is 0.912. The summed E-state index contributed by atoms with van der Waals surface area (Å²) < 4.78 is 18.3. The van der Waals surface area contributed by atoms with Gasteiger partial charge in [-0.1, -0.05) is 12.1 Å². The first-order valence-corrected chi connectivity index (χ1v) is 5.64. The van der Waals surface area contributed by atoms with Crippen molar-refractivity contribution in [1.29, 1.82) is 5.26 Å². The number of hydrogen-bond donors (Lipinski definition) is 1. The number of aliphatic hydroxyl groups excluding tert-OH is 1. The molecule has 4 nitrogen and oxygen atoms in total. The summed E-state index contributed by atoms with van der Waals surface area (Å²) in [5.74, 6) is 0.107. The van der Waals surface area contributed by atoms with E-state index in [2.05, 4.69) is 4.98 Å². The van der Waals surface area contributed by atoms with Gasteiger partial charge in [0.25, 0.3) is 0 Å². The van der Waals surface area contributed by atoms with E-state index >= 15 is 0 Å². The lowest BCUT2D eigenvalue weighted by molar-refractivity contribution is 0.201. The number of rotatable bonds is 4. The zero-order chi connectivity index (χ0) is 13.7. The van der Waals surface area contributed by atoms with Gasteiger partial charge in [-0.3, -0.25) is 0 Å². The predicted octanol–water partition coefficient (Wildman–Crippen LogP) is 2.13. The molecule has 0 atom stereocenters. The predicted molar refractivity (Wildman–Crippen MR) is 66.9 cm³/mol. The van der Waals surface area contributed by atoms with E-state index in [0.717, 1.165) is 0 Å². The van der Waals surface area contributed by atoms with Crippen LogP contribution in [0.2, 0.25) is 0 Å². The third kappa shape index (κ3) is 3.06. The minimum absolute atomic E-state index is 0.122. The first kappa shape index (κ1) is 13.0. The molecule has 0 spiro atoms. The number of nitrogens with zero attached hydrogens (tertiary/aromatic N) is 2. The molecule has 0 aliphatic carbocycles. The molecule has 2 aromatic rings. The van der Waals surface area contributed by atoms with Crippen molar-refractivity contribution in [3.05, 3.63) is 48.0 Å². The Morgan fingerprint density at radius 1 is 1.32 bits per heavy atom. The standard InChI is InChI=1S/C14H11FN2O2/c15-11-3-1-10(2-4-11)13-7-12(8-16)17-9-14(13)19-6-5-18/h1-4,7,9,18H,5-6H2. The van der Waals surface area contributed by atoms with Crippen LogP contribution in [-0.2, 0) is 0 Å². The van der Waals surface area contributed by atoms with Crippen LogP contribution < -0.4 is 4.74 Å². The zero-order valence-corrected chi connectivity index (χ0v) is 10.0. The number of hydrogen-bond acceptors (Lipinski definition) is 4. The molecule has 1 aromatic heterocycles. The monoisotopic (exact) mass is 258 g/mol. The smallest absolute Gasteiger partial charge is 0.145 e. The van der Waals surface area contributed by atoms with Crippen LogP contribution in [0.25, 0.3) is 11.1 Å². The third-order valence-electron chi connectivity index (χ3n) is 2.49. The Morgan fingerprint density at radius 2 is 2.05 bits per heavy atom. The summed E-state index contributed by atoms with van der Waals surface area (Å²) in [6.45, 7) is 0.00460. The van der Waals surface area contributed by atoms with Gasteiger partial charge < -0.3 is 9.84 Å². The van der Waals surface area contributed by atoms with Gasteiger partial charge in [0.1, 0.15) is 29.9 Å². The molecule has 2 rings (SSSR count). The zero-order valence-electron chi connectivity index (χ0n) is 10.0. The van der Waals surface area contributed by atoms with E-state index in [9.17, 15) is 4.39 Å². The lowest BCUT2D eigenvalue weighted by atomic mass is 10.1. The van der Waals surface area contributed by atoms with Gasteiger partial charge in [0, 0.05) is 5.56 Å². The summed E-state index contributed by atoms with van der Waals surface area (Å²) in [5.41, 5.74) is 1.60. The lowest BCUT2D eigenvalue weighted by Crippen LogP contribution is -2.03. The number of benzene rings is 1. The average Bonchev–Trinajstić information content (AvgIpc) is 2.46. The van der Waals surface area contributed by atoms with Gasteiger partial charge in [0.2, 0.25) is 0 Å². The molecule has 0 aliphatic rings. The van der Waals surface area contributed by atoms with Crippen LogP contribution in [-0.4, -0.2) is 23.3 Å². The van der Waals surface area contributed by atoms with E-state index < -0.39 is 0 Å². The molecule has 1 heterocycles. The number of ether oxygens (including phenoxy) is 1. The van der Waals surface area contributed by atoms with Crippen LogP contribution in [0, 0.1) is 17.1 Å². The molecule has 0 unspecified atom stereocenters. The van der Waals surface area contributed by atoms with Gasteiger partial charge in [-0.15, -0.1) is 0 Å². The van der Waals surface area contributed by atoms with Crippen molar-refractivity contribution < 1.29 is 14.2 Å². The van der Waals surface area contributed by atoms with Crippen molar-refractivity contribution in [3.8, 4) is 22.9 Å². The Hall–Kier alpha value is -2.45. The van der Waals surface area contributed by atoms with Crippen molar-refractivity contribution >= 4 is 0 Å². The van der Waals surface area contributed by atoms with Gasteiger partial charge in [-0.25, -0.2) is 9.37 Å². The van der Waals surface area contributed by atoms with Gasteiger partial charge in [-0.05, 0) is 23.8 Å². The lowest BCUT2D eigenvalue weighted by Gasteiger charge is -2.10. The molecule has 5 heteroatoms. The highest BCUT2D eigenvalue weighted by atomic mass is 19.1. The summed E-state index contributed by atoms with van der Waals surface area (Å²) in [5, 5.41) is 17.6. The third-order valence-corrected chi connectivity index (χ3v) is 2.49. The number of aliphatic hydroxyl groups is 1. The van der Waals surface area contributed by atoms with Gasteiger partial charge in [0.05, 0.1) is 12.8 Å². The van der Waals surface area contributed by atoms with Crippen LogP contribution in [0.1, 0.15) is 5.69 Å². The second-order valence-electron chi connectivity index (χ2n) is 3.76. The molecular formula is C14H11FN2O2. The second kappa shape index (κ2) is 5.94. The molecule has 0 fully saturated rings. The fraction of sp³-hybridized carbons (Fsp3) is 0.143. The molecule has 0 saturated carbocycles. The van der Waals surface area contributed by atoms with Crippen molar-refractivity contribution in [2.75, 3.05) is 13.2 Å². The van der Waals surface area contributed by atoms with Gasteiger partial charge >= 0.3 is 0 Å². The maximum Gasteiger partial charge on any atom is 0.145 e. The fourth-order valence-electron chi connectivity index (χ4n) is 1.63. The first-order chi connectivity index (χ1) is 9.24. The highest BCUT2D eigenvalue weighted by Gasteiger charge is 2.09. The number of aromatic nitrogens is 1. The summed E-state index contributed by atoms with van der Waals surface area (Å²) in [4.78, 5) is 3.91. The number of nitriles is 1. The summed E-state index contributed by atoms with van der Waals surface area (Å²) in [6.07, 6.45) is 1.42. The fourth-order valence-corrected chi connectivity index (χ4v) is 1.63. The molecule has 1 aromatic carbocycles. The second-order valence-corrected chi connectivity index (χ2v) is 3.76. The van der Waals surface area contributed by atoms with Crippen LogP contribution >= 0.6 is 0 Å². The number of pyridine rings is 1. The van der Waals surface area contributed by atoms with E-state index in [4.69, 9.17) is 15.1 Å². The maximum absolute atomic E-state index is 12.9. The summed E-state index contributed by atoms with van der Waals surface area (Å²) >= 11 is 0. The Balaban J connectivity index is 2.45. The van der Waals surface area contributed by atoms with Crippen molar-refractivity contribution in [2.45, 2.75) is 0 Å². The molecule has 0 amide bonds. The molecule has 0 saturated heterocycles. The molecular weight excluding hydrogens is 247 g/mol. The summed E-state index contributed by atoms with van der Waals surface area (Å²) in [6, 6.07) is 9.36. The Labute approximate surface area is 109 Å². The van der Waals surface area contributed by atoms with Gasteiger partial charge in [-0.2, -0.15) is 5.26 Å². The highest BCUT2D eigenvalue weighted by molar-refractivity contribution is 5.70. The molecule has 0 aliphatic heterocycles. The molecule has 96 valence electrons.